The van der Waals surface area contributed by atoms with Crippen LogP contribution in [0.1, 0.15) is 22.3 Å². The van der Waals surface area contributed by atoms with Crippen molar-refractivity contribution in [2.75, 3.05) is 17.7 Å². The number of aryl methyl sites for hydroxylation is 1. The number of pyridine rings is 1. The standard InChI is InChI=1S/C26H23N3O3/c1-32-24-11-6-19(7-12-24)26(31)29-22-8-2-18(3-9-22)4-13-25(30)28-23-10-5-21-17-27-15-14-20(21)16-23/h2-3,5-12,14-17H,4,13H2,1H3,(H,28,30)(H,29,31). The van der Waals surface area contributed by atoms with Crippen LogP contribution in [0.25, 0.3) is 10.8 Å². The lowest BCUT2D eigenvalue weighted by molar-refractivity contribution is -0.116. The van der Waals surface area contributed by atoms with Gasteiger partial charge in [-0.3, -0.25) is 14.6 Å². The van der Waals surface area contributed by atoms with E-state index in [1.54, 1.807) is 43.8 Å². The fourth-order valence-electron chi connectivity index (χ4n) is 3.34. The molecule has 0 atom stereocenters. The topological polar surface area (TPSA) is 80.3 Å². The normalized spacial score (nSPS) is 10.5. The smallest absolute Gasteiger partial charge is 0.255 e. The number of carbonyl (C=O) groups excluding carboxylic acids is 2. The molecule has 160 valence electrons. The maximum atomic E-state index is 12.4. The third-order valence-corrected chi connectivity index (χ3v) is 5.13. The summed E-state index contributed by atoms with van der Waals surface area (Å²) in [5.41, 5.74) is 3.04. The van der Waals surface area contributed by atoms with E-state index in [1.807, 2.05) is 48.5 Å². The summed E-state index contributed by atoms with van der Waals surface area (Å²) in [5.74, 6) is 0.467. The van der Waals surface area contributed by atoms with Gasteiger partial charge in [0, 0.05) is 41.1 Å². The molecular formula is C26H23N3O3. The van der Waals surface area contributed by atoms with Gasteiger partial charge in [-0.05, 0) is 72.0 Å². The minimum atomic E-state index is -0.189. The molecule has 2 amide bonds. The van der Waals surface area contributed by atoms with Gasteiger partial charge in [-0.1, -0.05) is 18.2 Å². The number of aromatic nitrogens is 1. The third-order valence-electron chi connectivity index (χ3n) is 5.13. The van der Waals surface area contributed by atoms with E-state index in [9.17, 15) is 9.59 Å². The van der Waals surface area contributed by atoms with Crippen molar-refractivity contribution in [3.63, 3.8) is 0 Å². The van der Waals surface area contributed by atoms with Crippen molar-refractivity contribution in [2.45, 2.75) is 12.8 Å². The highest BCUT2D eigenvalue weighted by Gasteiger charge is 2.08. The van der Waals surface area contributed by atoms with Crippen LogP contribution >= 0.6 is 0 Å². The molecule has 1 heterocycles. The quantitative estimate of drug-likeness (QED) is 0.433. The van der Waals surface area contributed by atoms with Gasteiger partial charge in [-0.25, -0.2) is 0 Å². The number of amides is 2. The molecule has 0 bridgehead atoms. The molecule has 0 aliphatic carbocycles. The van der Waals surface area contributed by atoms with Gasteiger partial charge in [-0.15, -0.1) is 0 Å². The summed E-state index contributed by atoms with van der Waals surface area (Å²) in [6.45, 7) is 0. The number of fused-ring (bicyclic) bond motifs is 1. The van der Waals surface area contributed by atoms with Crippen molar-refractivity contribution in [1.29, 1.82) is 0 Å². The van der Waals surface area contributed by atoms with Crippen LogP contribution < -0.4 is 15.4 Å². The van der Waals surface area contributed by atoms with E-state index in [4.69, 9.17) is 4.74 Å². The van der Waals surface area contributed by atoms with Gasteiger partial charge >= 0.3 is 0 Å². The van der Waals surface area contributed by atoms with Gasteiger partial charge in [0.2, 0.25) is 5.91 Å². The van der Waals surface area contributed by atoms with E-state index in [2.05, 4.69) is 15.6 Å². The summed E-state index contributed by atoms with van der Waals surface area (Å²) in [5, 5.41) is 7.88. The Bertz CT molecular complexity index is 1240. The highest BCUT2D eigenvalue weighted by molar-refractivity contribution is 6.04. The first-order valence-corrected chi connectivity index (χ1v) is 10.3. The lowest BCUT2D eigenvalue weighted by atomic mass is 10.1. The SMILES string of the molecule is COc1ccc(C(=O)Nc2ccc(CCC(=O)Nc3ccc4cnccc4c3)cc2)cc1. The van der Waals surface area contributed by atoms with Crippen LogP contribution in [0.15, 0.2) is 85.2 Å². The first kappa shape index (κ1) is 21.1. The Hall–Kier alpha value is -4.19. The van der Waals surface area contributed by atoms with Crippen LogP contribution in [-0.4, -0.2) is 23.9 Å². The van der Waals surface area contributed by atoms with E-state index in [0.717, 1.165) is 22.0 Å². The summed E-state index contributed by atoms with van der Waals surface area (Å²) >= 11 is 0. The largest absolute Gasteiger partial charge is 0.497 e. The van der Waals surface area contributed by atoms with Gasteiger partial charge < -0.3 is 15.4 Å². The minimum Gasteiger partial charge on any atom is -0.497 e. The Kier molecular flexibility index (Phi) is 6.41. The molecule has 0 spiro atoms. The Morgan fingerprint density at radius 2 is 1.59 bits per heavy atom. The van der Waals surface area contributed by atoms with Crippen molar-refractivity contribution in [2.24, 2.45) is 0 Å². The molecule has 1 aromatic heterocycles. The number of ether oxygens (including phenoxy) is 1. The first-order chi connectivity index (χ1) is 15.6. The Balaban J connectivity index is 1.29. The third kappa shape index (κ3) is 5.29. The Morgan fingerprint density at radius 1 is 0.844 bits per heavy atom. The summed E-state index contributed by atoms with van der Waals surface area (Å²) in [6.07, 6.45) is 4.50. The number of nitrogens with one attached hydrogen (secondary N) is 2. The molecule has 6 heteroatoms. The lowest BCUT2D eigenvalue weighted by Gasteiger charge is -2.08. The van der Waals surface area contributed by atoms with Gasteiger partial charge in [0.25, 0.3) is 5.91 Å². The molecule has 0 aliphatic heterocycles. The predicted octanol–water partition coefficient (Wildman–Crippen LogP) is 5.07. The molecule has 0 fully saturated rings. The number of hydrogen-bond donors (Lipinski definition) is 2. The van der Waals surface area contributed by atoms with Crippen LogP contribution in [0.4, 0.5) is 11.4 Å². The van der Waals surface area contributed by atoms with Gasteiger partial charge in [0.1, 0.15) is 5.75 Å². The summed E-state index contributed by atoms with van der Waals surface area (Å²) in [6, 6.07) is 22.1. The number of hydrogen-bond acceptors (Lipinski definition) is 4. The zero-order valence-corrected chi connectivity index (χ0v) is 17.7. The van der Waals surface area contributed by atoms with E-state index in [1.165, 1.54) is 0 Å². The molecule has 2 N–H and O–H groups in total. The van der Waals surface area contributed by atoms with Crippen molar-refractivity contribution in [3.05, 3.63) is 96.3 Å². The van der Waals surface area contributed by atoms with E-state index in [0.29, 0.717) is 29.8 Å². The van der Waals surface area contributed by atoms with Gasteiger partial charge in [0.15, 0.2) is 0 Å². The number of carbonyl (C=O) groups is 2. The van der Waals surface area contributed by atoms with Crippen LogP contribution in [0.2, 0.25) is 0 Å². The Labute approximate surface area is 186 Å². The molecule has 4 rings (SSSR count). The number of methoxy groups -OCH3 is 1. The van der Waals surface area contributed by atoms with Crippen LogP contribution in [0.5, 0.6) is 5.75 Å². The monoisotopic (exact) mass is 425 g/mol. The molecule has 6 nitrogen and oxygen atoms in total. The second-order valence-electron chi connectivity index (χ2n) is 7.37. The average molecular weight is 425 g/mol. The number of nitrogens with zero attached hydrogens (tertiary/aromatic N) is 1. The van der Waals surface area contributed by atoms with Gasteiger partial charge in [0.05, 0.1) is 7.11 Å². The van der Waals surface area contributed by atoms with E-state index < -0.39 is 0 Å². The summed E-state index contributed by atoms with van der Waals surface area (Å²) in [4.78, 5) is 28.8. The zero-order valence-electron chi connectivity index (χ0n) is 17.7. The lowest BCUT2D eigenvalue weighted by Crippen LogP contribution is -2.13. The fraction of sp³-hybridized carbons (Fsp3) is 0.115. The second-order valence-corrected chi connectivity index (χ2v) is 7.37. The molecule has 0 saturated carbocycles. The van der Waals surface area contributed by atoms with Crippen molar-refractivity contribution in [1.82, 2.24) is 4.98 Å². The van der Waals surface area contributed by atoms with Crippen LogP contribution in [-0.2, 0) is 11.2 Å². The first-order valence-electron chi connectivity index (χ1n) is 10.3. The number of rotatable bonds is 7. The predicted molar refractivity (Wildman–Crippen MR) is 126 cm³/mol. The van der Waals surface area contributed by atoms with Crippen molar-refractivity contribution in [3.8, 4) is 5.75 Å². The molecule has 3 aromatic carbocycles. The second kappa shape index (κ2) is 9.75. The van der Waals surface area contributed by atoms with Crippen LogP contribution in [0.3, 0.4) is 0 Å². The van der Waals surface area contributed by atoms with Crippen molar-refractivity contribution < 1.29 is 14.3 Å². The summed E-state index contributed by atoms with van der Waals surface area (Å²) in [7, 11) is 1.58. The summed E-state index contributed by atoms with van der Waals surface area (Å²) < 4.78 is 5.11. The van der Waals surface area contributed by atoms with E-state index in [-0.39, 0.29) is 11.8 Å². The molecule has 0 unspecified atom stereocenters. The van der Waals surface area contributed by atoms with Gasteiger partial charge in [-0.2, -0.15) is 0 Å². The molecular weight excluding hydrogens is 402 g/mol. The van der Waals surface area contributed by atoms with Crippen LogP contribution in [0, 0.1) is 0 Å². The zero-order chi connectivity index (χ0) is 22.3. The molecule has 0 radical (unpaired) electrons. The maximum Gasteiger partial charge on any atom is 0.255 e. The Morgan fingerprint density at radius 3 is 2.34 bits per heavy atom. The van der Waals surface area contributed by atoms with Crippen molar-refractivity contribution >= 4 is 34.0 Å². The van der Waals surface area contributed by atoms with E-state index >= 15 is 0 Å². The molecule has 0 saturated heterocycles. The molecule has 0 aliphatic rings. The highest BCUT2D eigenvalue weighted by atomic mass is 16.5. The minimum absolute atomic E-state index is 0.0460. The molecule has 32 heavy (non-hydrogen) atoms. The average Bonchev–Trinajstić information content (AvgIpc) is 2.83. The molecule has 4 aromatic rings. The highest BCUT2D eigenvalue weighted by Crippen LogP contribution is 2.19. The maximum absolute atomic E-state index is 12.4. The number of benzene rings is 3. The fourth-order valence-corrected chi connectivity index (χ4v) is 3.34. The number of anilines is 2.